The van der Waals surface area contributed by atoms with E-state index < -0.39 is 35.5 Å². The first kappa shape index (κ1) is 41.7. The molecule has 2 fully saturated rings. The number of carboxylic acids is 1. The Hall–Kier alpha value is -4.72. The van der Waals surface area contributed by atoms with Crippen molar-refractivity contribution in [2.75, 3.05) is 0 Å². The molecule has 0 aromatic heterocycles. The molecule has 0 unspecified atom stereocenters. The van der Waals surface area contributed by atoms with E-state index in [1.165, 1.54) is 6.08 Å². The molecule has 2 aromatic carbocycles. The topological polar surface area (TPSA) is 180 Å². The summed E-state index contributed by atoms with van der Waals surface area (Å²) in [5.41, 5.74) is 7.90. The van der Waals surface area contributed by atoms with E-state index in [1.54, 1.807) is 13.0 Å². The van der Waals surface area contributed by atoms with Crippen LogP contribution >= 0.6 is 0 Å². The Morgan fingerprint density at radius 3 is 2.17 bits per heavy atom. The average Bonchev–Trinajstić information content (AvgIpc) is 3.57. The van der Waals surface area contributed by atoms with Gasteiger partial charge < -0.3 is 32.1 Å². The summed E-state index contributed by atoms with van der Waals surface area (Å²) in [4.78, 5) is 62.0. The van der Waals surface area contributed by atoms with E-state index in [4.69, 9.17) is 15.6 Å². The number of carboxylic acid groups (broad SMARTS) is 1. The lowest BCUT2D eigenvalue weighted by Gasteiger charge is -2.31. The molecule has 284 valence electrons. The number of alkyl halides is 3. The highest BCUT2D eigenvalue weighted by Gasteiger charge is 2.39. The van der Waals surface area contributed by atoms with Gasteiger partial charge in [0.15, 0.2) is 0 Å². The van der Waals surface area contributed by atoms with Gasteiger partial charge in [-0.25, -0.2) is 4.79 Å². The van der Waals surface area contributed by atoms with Crippen LogP contribution in [0.25, 0.3) is 6.08 Å². The molecule has 52 heavy (non-hydrogen) atoms. The van der Waals surface area contributed by atoms with Crippen molar-refractivity contribution < 1.29 is 42.3 Å². The van der Waals surface area contributed by atoms with Crippen LogP contribution in [-0.2, 0) is 30.4 Å². The van der Waals surface area contributed by atoms with E-state index >= 15 is 0 Å². The number of benzene rings is 2. The van der Waals surface area contributed by atoms with Crippen molar-refractivity contribution in [3.05, 3.63) is 77.4 Å². The van der Waals surface area contributed by atoms with Crippen molar-refractivity contribution in [2.45, 2.75) is 114 Å². The predicted octanol–water partition coefficient (Wildman–Crippen LogP) is 4.32. The van der Waals surface area contributed by atoms with E-state index in [-0.39, 0.29) is 42.3 Å². The summed E-state index contributed by atoms with van der Waals surface area (Å²) in [6.07, 6.45) is 4.55. The maximum atomic E-state index is 13.7. The smallest absolute Gasteiger partial charge is 0.475 e. The predicted molar refractivity (Wildman–Crippen MR) is 190 cm³/mol. The van der Waals surface area contributed by atoms with E-state index in [0.29, 0.717) is 25.7 Å². The fourth-order valence-corrected chi connectivity index (χ4v) is 6.14. The number of halogens is 3. The van der Waals surface area contributed by atoms with E-state index in [9.17, 15) is 32.3 Å². The molecule has 4 rings (SSSR count). The highest BCUT2D eigenvalue weighted by Crippen LogP contribution is 2.27. The standard InChI is InChI=1S/C36H49N5O4.C2HF3O2/c1-4-36(3,41-32(42)21-18-25-16-14-24(2)15-17-25)35(45)40-31(22-26-10-6-5-7-11-26)34(44)38-28-20-19-27(23-28)33(43)39-30-13-9-8-12-29(30)37;3-2(4,5)1(6)7/h5-7,10-11,14-18,21,27-31H,4,8-9,12-13,19-20,22-23,37H2,1-3H3,(H,38,44)(H,39,43)(H,40,45)(H,41,42);(H,6,7)/b21-18+;/t27-,28+,29+,30+,31-,36+;/m1./s1. The van der Waals surface area contributed by atoms with Crippen LogP contribution < -0.4 is 27.0 Å². The SMILES string of the molecule is CC[C@](C)(NC(=O)/C=C/c1ccc(C)cc1)C(=O)N[C@H](Cc1ccccc1)C(=O)N[C@H]1CC[C@@H](C(=O)N[C@H]2CCCC[C@@H]2N)C1.O=C(O)C(F)(F)F. The number of amides is 4. The lowest BCUT2D eigenvalue weighted by Crippen LogP contribution is -2.60. The largest absolute Gasteiger partial charge is 0.490 e. The highest BCUT2D eigenvalue weighted by atomic mass is 19.4. The van der Waals surface area contributed by atoms with E-state index in [0.717, 1.165) is 42.4 Å². The molecule has 0 radical (unpaired) electrons. The molecular weight excluding hydrogens is 679 g/mol. The molecule has 14 heteroatoms. The molecule has 7 N–H and O–H groups in total. The van der Waals surface area contributed by atoms with Gasteiger partial charge in [-0.2, -0.15) is 13.2 Å². The fraction of sp³-hybridized carbons (Fsp3) is 0.500. The quantitative estimate of drug-likeness (QED) is 0.176. The summed E-state index contributed by atoms with van der Waals surface area (Å²) < 4.78 is 31.7. The summed E-state index contributed by atoms with van der Waals surface area (Å²) in [7, 11) is 0. The van der Waals surface area contributed by atoms with Crippen LogP contribution in [0, 0.1) is 12.8 Å². The van der Waals surface area contributed by atoms with Gasteiger partial charge in [0.1, 0.15) is 11.6 Å². The van der Waals surface area contributed by atoms with Crippen LogP contribution in [-0.4, -0.2) is 70.6 Å². The van der Waals surface area contributed by atoms with Gasteiger partial charge in [0, 0.05) is 36.5 Å². The lowest BCUT2D eigenvalue weighted by molar-refractivity contribution is -0.192. The maximum absolute atomic E-state index is 13.7. The molecular formula is C38H50F3N5O6. The van der Waals surface area contributed by atoms with Crippen LogP contribution in [0.15, 0.2) is 60.7 Å². The van der Waals surface area contributed by atoms with Gasteiger partial charge in [-0.3, -0.25) is 19.2 Å². The second-order valence-electron chi connectivity index (χ2n) is 13.7. The molecule has 0 saturated heterocycles. The minimum atomic E-state index is -5.08. The van der Waals surface area contributed by atoms with Crippen LogP contribution in [0.2, 0.25) is 0 Å². The van der Waals surface area contributed by atoms with Crippen molar-refractivity contribution >= 4 is 35.7 Å². The summed E-state index contributed by atoms with van der Waals surface area (Å²) in [5.74, 6) is -4.08. The average molecular weight is 730 g/mol. The highest BCUT2D eigenvalue weighted by molar-refractivity contribution is 5.98. The van der Waals surface area contributed by atoms with E-state index in [2.05, 4.69) is 21.3 Å². The molecule has 11 nitrogen and oxygen atoms in total. The normalized spacial score (nSPS) is 21.8. The number of carbonyl (C=O) groups excluding carboxylic acids is 4. The van der Waals surface area contributed by atoms with Crippen molar-refractivity contribution in [3.63, 3.8) is 0 Å². The molecule has 0 heterocycles. The van der Waals surface area contributed by atoms with Crippen LogP contribution in [0.1, 0.15) is 81.9 Å². The van der Waals surface area contributed by atoms with Crippen molar-refractivity contribution in [3.8, 4) is 0 Å². The number of carbonyl (C=O) groups is 5. The Labute approximate surface area is 302 Å². The third kappa shape index (κ3) is 13.1. The Kier molecular flexibility index (Phi) is 15.4. The number of aryl methyl sites for hydroxylation is 1. The number of nitrogens with two attached hydrogens (primary N) is 1. The monoisotopic (exact) mass is 729 g/mol. The van der Waals surface area contributed by atoms with Crippen molar-refractivity contribution in [1.29, 1.82) is 0 Å². The lowest BCUT2D eigenvalue weighted by atomic mass is 9.90. The third-order valence-corrected chi connectivity index (χ3v) is 9.56. The fourth-order valence-electron chi connectivity index (χ4n) is 6.14. The van der Waals surface area contributed by atoms with Crippen molar-refractivity contribution in [1.82, 2.24) is 21.3 Å². The van der Waals surface area contributed by atoms with Gasteiger partial charge >= 0.3 is 12.1 Å². The molecule has 4 amide bonds. The first-order valence-corrected chi connectivity index (χ1v) is 17.6. The molecule has 2 aromatic rings. The first-order valence-electron chi connectivity index (χ1n) is 17.6. The molecule has 2 aliphatic carbocycles. The number of nitrogens with one attached hydrogen (secondary N) is 4. The second-order valence-corrected chi connectivity index (χ2v) is 13.7. The van der Waals surface area contributed by atoms with Gasteiger partial charge in [0.25, 0.3) is 0 Å². The van der Waals surface area contributed by atoms with Crippen LogP contribution in [0.3, 0.4) is 0 Å². The summed E-state index contributed by atoms with van der Waals surface area (Å²) in [6, 6.07) is 16.2. The molecule has 0 aliphatic heterocycles. The van der Waals surface area contributed by atoms with Gasteiger partial charge in [-0.15, -0.1) is 0 Å². The van der Waals surface area contributed by atoms with Crippen molar-refractivity contribution in [2.24, 2.45) is 11.7 Å². The summed E-state index contributed by atoms with van der Waals surface area (Å²) in [5, 5.41) is 19.1. The Bertz CT molecular complexity index is 1550. The summed E-state index contributed by atoms with van der Waals surface area (Å²) in [6.45, 7) is 5.48. The molecule has 2 saturated carbocycles. The van der Waals surface area contributed by atoms with E-state index in [1.807, 2.05) is 68.4 Å². The molecule has 0 bridgehead atoms. The van der Waals surface area contributed by atoms with Gasteiger partial charge in [-0.1, -0.05) is 79.9 Å². The minimum Gasteiger partial charge on any atom is -0.475 e. The molecule has 2 aliphatic rings. The molecule has 0 spiro atoms. The number of hydrogen-bond donors (Lipinski definition) is 6. The van der Waals surface area contributed by atoms with Gasteiger partial charge in [0.2, 0.25) is 23.6 Å². The second kappa shape index (κ2) is 19.2. The number of aliphatic carboxylic acids is 1. The van der Waals surface area contributed by atoms with Gasteiger partial charge in [-0.05, 0) is 69.6 Å². The first-order chi connectivity index (χ1) is 24.5. The van der Waals surface area contributed by atoms with Crippen LogP contribution in [0.5, 0.6) is 0 Å². The maximum Gasteiger partial charge on any atom is 0.490 e. The Morgan fingerprint density at radius 1 is 0.942 bits per heavy atom. The Balaban J connectivity index is 0.000000944. The number of rotatable bonds is 12. The van der Waals surface area contributed by atoms with Gasteiger partial charge in [0.05, 0.1) is 0 Å². The van der Waals surface area contributed by atoms with Crippen LogP contribution in [0.4, 0.5) is 13.2 Å². The zero-order valence-electron chi connectivity index (χ0n) is 29.8. The summed E-state index contributed by atoms with van der Waals surface area (Å²) >= 11 is 0. The zero-order valence-corrected chi connectivity index (χ0v) is 29.8. The Morgan fingerprint density at radius 2 is 1.58 bits per heavy atom. The molecule has 6 atom stereocenters. The number of hydrogen-bond acceptors (Lipinski definition) is 6. The minimum absolute atomic E-state index is 0.00844. The third-order valence-electron chi connectivity index (χ3n) is 9.56. The zero-order chi connectivity index (χ0) is 38.5.